The maximum Gasteiger partial charge on any atom is 0.305 e. The third-order valence-corrected chi connectivity index (χ3v) is 2.75. The van der Waals surface area contributed by atoms with Gasteiger partial charge in [-0.25, -0.2) is 0 Å². The van der Waals surface area contributed by atoms with Crippen LogP contribution in [-0.4, -0.2) is 18.1 Å². The second-order valence-electron chi connectivity index (χ2n) is 4.78. The second-order valence-corrected chi connectivity index (χ2v) is 4.78. The van der Waals surface area contributed by atoms with E-state index in [0.717, 1.165) is 12.0 Å². The SMILES string of the molecule is CNC(CC(=O)O)c1ccc(CC(C)C)cc1. The van der Waals surface area contributed by atoms with Crippen molar-refractivity contribution in [3.63, 3.8) is 0 Å². The first-order valence-corrected chi connectivity index (χ1v) is 6.00. The number of benzene rings is 1. The summed E-state index contributed by atoms with van der Waals surface area (Å²) in [7, 11) is 1.79. The molecule has 0 aliphatic heterocycles. The van der Waals surface area contributed by atoms with E-state index in [-0.39, 0.29) is 12.5 Å². The molecule has 0 aromatic heterocycles. The summed E-state index contributed by atoms with van der Waals surface area (Å²) >= 11 is 0. The molecule has 0 amide bonds. The van der Waals surface area contributed by atoms with Crippen LogP contribution in [0.25, 0.3) is 0 Å². The largest absolute Gasteiger partial charge is 0.481 e. The van der Waals surface area contributed by atoms with E-state index in [4.69, 9.17) is 5.11 Å². The van der Waals surface area contributed by atoms with E-state index in [2.05, 4.69) is 31.3 Å². The van der Waals surface area contributed by atoms with Gasteiger partial charge in [0.15, 0.2) is 0 Å². The number of carboxylic acids is 1. The zero-order chi connectivity index (χ0) is 12.8. The van der Waals surface area contributed by atoms with E-state index in [0.29, 0.717) is 5.92 Å². The minimum absolute atomic E-state index is 0.111. The van der Waals surface area contributed by atoms with Gasteiger partial charge in [-0.05, 0) is 30.5 Å². The fourth-order valence-corrected chi connectivity index (χ4v) is 1.92. The predicted octanol–water partition coefficient (Wildman–Crippen LogP) is 2.62. The summed E-state index contributed by atoms with van der Waals surface area (Å²) in [5.41, 5.74) is 2.33. The lowest BCUT2D eigenvalue weighted by Gasteiger charge is -2.15. The second kappa shape index (κ2) is 6.40. The lowest BCUT2D eigenvalue weighted by Crippen LogP contribution is -2.19. The van der Waals surface area contributed by atoms with Crippen molar-refractivity contribution in [1.29, 1.82) is 0 Å². The summed E-state index contributed by atoms with van der Waals surface area (Å²) in [6.07, 6.45) is 1.17. The molecule has 0 spiro atoms. The zero-order valence-electron chi connectivity index (χ0n) is 10.7. The van der Waals surface area contributed by atoms with Crippen LogP contribution < -0.4 is 5.32 Å². The highest BCUT2D eigenvalue weighted by Gasteiger charge is 2.13. The fourth-order valence-electron chi connectivity index (χ4n) is 1.92. The Morgan fingerprint density at radius 2 is 1.88 bits per heavy atom. The van der Waals surface area contributed by atoms with Crippen molar-refractivity contribution < 1.29 is 9.90 Å². The van der Waals surface area contributed by atoms with Gasteiger partial charge in [-0.1, -0.05) is 38.1 Å². The Hall–Kier alpha value is -1.35. The maximum atomic E-state index is 10.7. The quantitative estimate of drug-likeness (QED) is 0.797. The molecule has 0 fully saturated rings. The third-order valence-electron chi connectivity index (χ3n) is 2.75. The molecule has 3 heteroatoms. The Balaban J connectivity index is 2.74. The minimum atomic E-state index is -0.782. The van der Waals surface area contributed by atoms with Gasteiger partial charge in [-0.3, -0.25) is 4.79 Å². The van der Waals surface area contributed by atoms with E-state index in [1.165, 1.54) is 5.56 Å². The summed E-state index contributed by atoms with van der Waals surface area (Å²) in [6, 6.07) is 8.09. The number of carboxylic acid groups (broad SMARTS) is 1. The molecule has 1 unspecified atom stereocenters. The highest BCUT2D eigenvalue weighted by Crippen LogP contribution is 2.18. The Labute approximate surface area is 103 Å². The van der Waals surface area contributed by atoms with Crippen LogP contribution in [0.1, 0.15) is 37.4 Å². The van der Waals surface area contributed by atoms with E-state index in [9.17, 15) is 4.79 Å². The van der Waals surface area contributed by atoms with Crippen molar-refractivity contribution >= 4 is 5.97 Å². The summed E-state index contributed by atoms with van der Waals surface area (Å²) in [5.74, 6) is -0.143. The van der Waals surface area contributed by atoms with E-state index in [1.807, 2.05) is 12.1 Å². The first-order valence-electron chi connectivity index (χ1n) is 6.00. The van der Waals surface area contributed by atoms with E-state index >= 15 is 0 Å². The summed E-state index contributed by atoms with van der Waals surface area (Å²) < 4.78 is 0. The first kappa shape index (κ1) is 13.7. The van der Waals surface area contributed by atoms with Crippen molar-refractivity contribution in [1.82, 2.24) is 5.32 Å². The summed E-state index contributed by atoms with van der Waals surface area (Å²) in [5, 5.41) is 11.8. The van der Waals surface area contributed by atoms with Crippen LogP contribution >= 0.6 is 0 Å². The molecule has 1 rings (SSSR count). The van der Waals surface area contributed by atoms with E-state index < -0.39 is 5.97 Å². The number of rotatable bonds is 6. The van der Waals surface area contributed by atoms with Gasteiger partial charge in [-0.2, -0.15) is 0 Å². The van der Waals surface area contributed by atoms with Gasteiger partial charge in [0, 0.05) is 6.04 Å². The molecule has 94 valence electrons. The fraction of sp³-hybridized carbons (Fsp3) is 0.500. The molecule has 0 heterocycles. The lowest BCUT2D eigenvalue weighted by atomic mass is 9.98. The van der Waals surface area contributed by atoms with Crippen LogP contribution in [0.3, 0.4) is 0 Å². The average molecular weight is 235 g/mol. The maximum absolute atomic E-state index is 10.7. The van der Waals surface area contributed by atoms with Crippen LogP contribution in [0.15, 0.2) is 24.3 Å². The van der Waals surface area contributed by atoms with Crippen molar-refractivity contribution in [2.75, 3.05) is 7.05 Å². The molecule has 1 atom stereocenters. The predicted molar refractivity (Wildman–Crippen MR) is 69.0 cm³/mol. The van der Waals surface area contributed by atoms with Crippen LogP contribution in [0.5, 0.6) is 0 Å². The monoisotopic (exact) mass is 235 g/mol. The van der Waals surface area contributed by atoms with Gasteiger partial charge in [0.25, 0.3) is 0 Å². The molecule has 0 saturated heterocycles. The van der Waals surface area contributed by atoms with Gasteiger partial charge in [0.05, 0.1) is 6.42 Å². The molecule has 1 aromatic carbocycles. The molecule has 3 nitrogen and oxygen atoms in total. The Morgan fingerprint density at radius 1 is 1.29 bits per heavy atom. The van der Waals surface area contributed by atoms with Gasteiger partial charge in [-0.15, -0.1) is 0 Å². The topological polar surface area (TPSA) is 49.3 Å². The van der Waals surface area contributed by atoms with E-state index in [1.54, 1.807) is 7.05 Å². The molecule has 0 bridgehead atoms. The van der Waals surface area contributed by atoms with Crippen molar-refractivity contribution in [3.05, 3.63) is 35.4 Å². The normalized spacial score (nSPS) is 12.7. The van der Waals surface area contributed by atoms with Gasteiger partial charge < -0.3 is 10.4 Å². The van der Waals surface area contributed by atoms with Gasteiger partial charge >= 0.3 is 5.97 Å². The summed E-state index contributed by atoms with van der Waals surface area (Å²) in [6.45, 7) is 4.38. The van der Waals surface area contributed by atoms with Crippen LogP contribution in [0.4, 0.5) is 0 Å². The lowest BCUT2D eigenvalue weighted by molar-refractivity contribution is -0.137. The molecule has 0 aliphatic carbocycles. The van der Waals surface area contributed by atoms with Crippen LogP contribution in [0.2, 0.25) is 0 Å². The van der Waals surface area contributed by atoms with Gasteiger partial charge in [0.1, 0.15) is 0 Å². The zero-order valence-corrected chi connectivity index (χ0v) is 10.7. The molecular formula is C14H21NO2. The number of nitrogens with one attached hydrogen (secondary N) is 1. The van der Waals surface area contributed by atoms with Crippen molar-refractivity contribution in [2.24, 2.45) is 5.92 Å². The number of aliphatic carboxylic acids is 1. The number of hydrogen-bond acceptors (Lipinski definition) is 2. The molecule has 2 N–H and O–H groups in total. The first-order chi connectivity index (χ1) is 8.02. The molecule has 0 radical (unpaired) electrons. The smallest absolute Gasteiger partial charge is 0.305 e. The highest BCUT2D eigenvalue weighted by atomic mass is 16.4. The summed E-state index contributed by atoms with van der Waals surface area (Å²) in [4.78, 5) is 10.7. The third kappa shape index (κ3) is 4.57. The Kier molecular flexibility index (Phi) is 5.16. The Morgan fingerprint density at radius 3 is 2.29 bits per heavy atom. The molecule has 0 saturated carbocycles. The van der Waals surface area contributed by atoms with Crippen LogP contribution in [-0.2, 0) is 11.2 Å². The van der Waals surface area contributed by atoms with Crippen LogP contribution in [0, 0.1) is 5.92 Å². The molecule has 17 heavy (non-hydrogen) atoms. The molecule has 1 aromatic rings. The number of carbonyl (C=O) groups is 1. The molecular weight excluding hydrogens is 214 g/mol. The van der Waals surface area contributed by atoms with Crippen molar-refractivity contribution in [3.8, 4) is 0 Å². The minimum Gasteiger partial charge on any atom is -0.481 e. The number of hydrogen-bond donors (Lipinski definition) is 2. The standard InChI is InChI=1S/C14H21NO2/c1-10(2)8-11-4-6-12(7-5-11)13(15-3)9-14(16)17/h4-7,10,13,15H,8-9H2,1-3H3,(H,16,17). The molecule has 0 aliphatic rings. The average Bonchev–Trinajstić information content (AvgIpc) is 2.26. The highest BCUT2D eigenvalue weighted by molar-refractivity contribution is 5.67. The Bertz CT molecular complexity index is 357. The van der Waals surface area contributed by atoms with Crippen molar-refractivity contribution in [2.45, 2.75) is 32.7 Å². The van der Waals surface area contributed by atoms with Gasteiger partial charge in [0.2, 0.25) is 0 Å².